The molecule has 3 heterocycles. The molecule has 0 saturated carbocycles. The van der Waals surface area contributed by atoms with Crippen molar-refractivity contribution < 1.29 is 4.79 Å². The minimum atomic E-state index is -0.578. The van der Waals surface area contributed by atoms with E-state index in [1.165, 1.54) is 10.5 Å². The monoisotopic (exact) mass is 256 g/mol. The molecule has 0 aromatic carbocycles. The van der Waals surface area contributed by atoms with E-state index in [-0.39, 0.29) is 11.3 Å². The smallest absolute Gasteiger partial charge is 0.267 e. The van der Waals surface area contributed by atoms with Gasteiger partial charge in [0.05, 0.1) is 5.39 Å². The third-order valence-corrected chi connectivity index (χ3v) is 3.28. The van der Waals surface area contributed by atoms with E-state index in [9.17, 15) is 9.59 Å². The van der Waals surface area contributed by atoms with Gasteiger partial charge in [0.15, 0.2) is 0 Å². The highest BCUT2D eigenvalue weighted by atomic mass is 16.1. The molecule has 3 aromatic heterocycles. The number of aryl methyl sites for hydroxylation is 2. The van der Waals surface area contributed by atoms with Gasteiger partial charge in [0.25, 0.3) is 11.5 Å². The molecule has 6 heteroatoms. The number of nitrogens with zero attached hydrogens (tertiary/aromatic N) is 3. The molecule has 1 amide bonds. The largest absolute Gasteiger partial charge is 0.364 e. The van der Waals surface area contributed by atoms with Crippen molar-refractivity contribution in [2.45, 2.75) is 6.92 Å². The summed E-state index contributed by atoms with van der Waals surface area (Å²) in [5, 5.41) is 0.388. The molecule has 0 atom stereocenters. The first-order chi connectivity index (χ1) is 9.00. The molecular formula is C13H12N4O2. The summed E-state index contributed by atoms with van der Waals surface area (Å²) in [5.41, 5.74) is 7.30. The number of aromatic nitrogens is 3. The SMILES string of the molecule is Cc1cccn2c(=O)c3cc(C(N)=O)n(C)c3nc12. The molecular weight excluding hydrogens is 244 g/mol. The van der Waals surface area contributed by atoms with Gasteiger partial charge in [-0.05, 0) is 24.6 Å². The van der Waals surface area contributed by atoms with E-state index in [4.69, 9.17) is 5.73 Å². The van der Waals surface area contributed by atoms with Crippen molar-refractivity contribution in [3.8, 4) is 0 Å². The predicted molar refractivity (Wildman–Crippen MR) is 71.2 cm³/mol. The van der Waals surface area contributed by atoms with Crippen LogP contribution in [0.5, 0.6) is 0 Å². The van der Waals surface area contributed by atoms with Gasteiger partial charge in [-0.1, -0.05) is 6.07 Å². The number of hydrogen-bond donors (Lipinski definition) is 1. The van der Waals surface area contributed by atoms with E-state index in [0.717, 1.165) is 5.56 Å². The summed E-state index contributed by atoms with van der Waals surface area (Å²) in [4.78, 5) is 28.2. The number of carbonyl (C=O) groups excluding carboxylic acids is 1. The first-order valence-electron chi connectivity index (χ1n) is 5.78. The van der Waals surface area contributed by atoms with Crippen molar-refractivity contribution in [3.05, 3.63) is 46.0 Å². The molecule has 0 aliphatic heterocycles. The highest BCUT2D eigenvalue weighted by molar-refractivity contribution is 5.97. The van der Waals surface area contributed by atoms with Crippen molar-refractivity contribution in [3.63, 3.8) is 0 Å². The van der Waals surface area contributed by atoms with Crippen LogP contribution < -0.4 is 11.3 Å². The van der Waals surface area contributed by atoms with Crippen molar-refractivity contribution in [1.82, 2.24) is 14.0 Å². The maximum Gasteiger partial charge on any atom is 0.267 e. The summed E-state index contributed by atoms with van der Waals surface area (Å²) in [6.07, 6.45) is 1.66. The lowest BCUT2D eigenvalue weighted by atomic mass is 10.3. The van der Waals surface area contributed by atoms with E-state index in [1.807, 2.05) is 13.0 Å². The number of nitrogens with two attached hydrogens (primary N) is 1. The Hall–Kier alpha value is -2.63. The van der Waals surface area contributed by atoms with Gasteiger partial charge >= 0.3 is 0 Å². The summed E-state index contributed by atoms with van der Waals surface area (Å²) >= 11 is 0. The molecule has 3 rings (SSSR count). The normalized spacial score (nSPS) is 11.3. The zero-order chi connectivity index (χ0) is 13.7. The summed E-state index contributed by atoms with van der Waals surface area (Å²) in [7, 11) is 1.67. The van der Waals surface area contributed by atoms with Crippen LogP contribution >= 0.6 is 0 Å². The Morgan fingerprint density at radius 2 is 2.11 bits per heavy atom. The topological polar surface area (TPSA) is 82.4 Å². The van der Waals surface area contributed by atoms with Crippen LogP contribution in [0.4, 0.5) is 0 Å². The van der Waals surface area contributed by atoms with E-state index in [2.05, 4.69) is 4.98 Å². The molecule has 0 radical (unpaired) electrons. The fourth-order valence-electron chi connectivity index (χ4n) is 2.27. The fourth-order valence-corrected chi connectivity index (χ4v) is 2.27. The Balaban J connectivity index is 2.59. The van der Waals surface area contributed by atoms with E-state index in [1.54, 1.807) is 23.9 Å². The van der Waals surface area contributed by atoms with Crippen LogP contribution in [-0.2, 0) is 7.05 Å². The molecule has 0 bridgehead atoms. The third-order valence-electron chi connectivity index (χ3n) is 3.28. The Morgan fingerprint density at radius 1 is 1.37 bits per heavy atom. The maximum absolute atomic E-state index is 12.4. The summed E-state index contributed by atoms with van der Waals surface area (Å²) in [5.74, 6) is -0.578. The van der Waals surface area contributed by atoms with Gasteiger partial charge in [-0.25, -0.2) is 4.98 Å². The van der Waals surface area contributed by atoms with E-state index >= 15 is 0 Å². The Bertz CT molecular complexity index is 889. The highest BCUT2D eigenvalue weighted by Gasteiger charge is 2.15. The van der Waals surface area contributed by atoms with Crippen LogP contribution in [0, 0.1) is 6.92 Å². The molecule has 0 saturated heterocycles. The standard InChI is InChI=1S/C13H12N4O2/c1-7-4-3-5-17-11(7)15-12-8(13(17)19)6-9(10(14)18)16(12)2/h3-6H,1-2H3,(H2,14,18). The van der Waals surface area contributed by atoms with Gasteiger partial charge < -0.3 is 10.3 Å². The third kappa shape index (κ3) is 1.46. The molecule has 2 N–H and O–H groups in total. The highest BCUT2D eigenvalue weighted by Crippen LogP contribution is 2.15. The van der Waals surface area contributed by atoms with Gasteiger partial charge in [-0.15, -0.1) is 0 Å². The zero-order valence-electron chi connectivity index (χ0n) is 10.5. The number of carbonyl (C=O) groups is 1. The number of hydrogen-bond acceptors (Lipinski definition) is 3. The van der Waals surface area contributed by atoms with Crippen LogP contribution in [0.2, 0.25) is 0 Å². The van der Waals surface area contributed by atoms with E-state index in [0.29, 0.717) is 16.7 Å². The lowest BCUT2D eigenvalue weighted by Crippen LogP contribution is -2.16. The average Bonchev–Trinajstić information content (AvgIpc) is 2.70. The average molecular weight is 256 g/mol. The predicted octanol–water partition coefficient (Wildman–Crippen LogP) is 0.594. The van der Waals surface area contributed by atoms with Gasteiger partial charge in [0.1, 0.15) is 17.0 Å². The number of fused-ring (bicyclic) bond motifs is 2. The fraction of sp³-hybridized carbons (Fsp3) is 0.154. The summed E-state index contributed by atoms with van der Waals surface area (Å²) in [6.45, 7) is 1.88. The molecule has 0 spiro atoms. The lowest BCUT2D eigenvalue weighted by Gasteiger charge is -2.04. The van der Waals surface area contributed by atoms with Crippen molar-refractivity contribution in [2.24, 2.45) is 12.8 Å². The molecule has 0 unspecified atom stereocenters. The van der Waals surface area contributed by atoms with Crippen LogP contribution in [0.15, 0.2) is 29.2 Å². The summed E-state index contributed by atoms with van der Waals surface area (Å²) in [6, 6.07) is 5.16. The molecule has 0 fully saturated rings. The van der Waals surface area contributed by atoms with Crippen LogP contribution in [-0.4, -0.2) is 19.9 Å². The number of rotatable bonds is 1. The Labute approximate surface area is 108 Å². The van der Waals surface area contributed by atoms with Crippen LogP contribution in [0.1, 0.15) is 16.1 Å². The van der Waals surface area contributed by atoms with Crippen molar-refractivity contribution in [2.75, 3.05) is 0 Å². The maximum atomic E-state index is 12.4. The molecule has 3 aromatic rings. The lowest BCUT2D eigenvalue weighted by molar-refractivity contribution is 0.0993. The van der Waals surface area contributed by atoms with Crippen LogP contribution in [0.25, 0.3) is 16.7 Å². The Kier molecular flexibility index (Phi) is 2.22. The van der Waals surface area contributed by atoms with Crippen molar-refractivity contribution >= 4 is 22.6 Å². The van der Waals surface area contributed by atoms with Gasteiger partial charge in [0.2, 0.25) is 0 Å². The number of pyridine rings is 1. The minimum Gasteiger partial charge on any atom is -0.364 e. The van der Waals surface area contributed by atoms with Crippen LogP contribution in [0.3, 0.4) is 0 Å². The van der Waals surface area contributed by atoms with Crippen molar-refractivity contribution in [1.29, 1.82) is 0 Å². The van der Waals surface area contributed by atoms with Gasteiger partial charge in [-0.3, -0.25) is 14.0 Å². The second-order valence-electron chi connectivity index (χ2n) is 4.49. The quantitative estimate of drug-likeness (QED) is 0.692. The zero-order valence-corrected chi connectivity index (χ0v) is 10.5. The molecule has 6 nitrogen and oxygen atoms in total. The van der Waals surface area contributed by atoms with E-state index < -0.39 is 5.91 Å². The first kappa shape index (κ1) is 11.5. The molecule has 0 aliphatic rings. The molecule has 19 heavy (non-hydrogen) atoms. The Morgan fingerprint density at radius 3 is 2.79 bits per heavy atom. The first-order valence-corrected chi connectivity index (χ1v) is 5.78. The van der Waals surface area contributed by atoms with Gasteiger partial charge in [-0.2, -0.15) is 0 Å². The second kappa shape index (κ2) is 3.68. The second-order valence-corrected chi connectivity index (χ2v) is 4.49. The molecule has 96 valence electrons. The summed E-state index contributed by atoms with van der Waals surface area (Å²) < 4.78 is 3.02. The van der Waals surface area contributed by atoms with Gasteiger partial charge in [0, 0.05) is 13.2 Å². The minimum absolute atomic E-state index is 0.202. The number of amides is 1. The number of primary amides is 1. The molecule has 0 aliphatic carbocycles.